The van der Waals surface area contributed by atoms with Crippen LogP contribution >= 0.6 is 0 Å². The summed E-state index contributed by atoms with van der Waals surface area (Å²) in [6, 6.07) is 0. The number of aliphatic carboxylic acids is 1. The van der Waals surface area contributed by atoms with E-state index in [1.54, 1.807) is 0 Å². The lowest BCUT2D eigenvalue weighted by atomic mass is 10.0. The van der Waals surface area contributed by atoms with Crippen molar-refractivity contribution in [2.45, 2.75) is 149 Å². The number of carbonyl (C=O) groups is 2. The standard InChI is InChI=1S/C17H34O2.C9H18O2/c1-3-4-5-6-7-8-9-10-11-12-13-14-15-16-17(18)19-2;1-2-3-4-5-6-7-8-9(10)11/h3-16H2,1-2H3;2-8H2,1H3,(H,10,11). The van der Waals surface area contributed by atoms with Crippen LogP contribution in [-0.2, 0) is 14.3 Å². The zero-order chi connectivity index (χ0) is 22.7. The lowest BCUT2D eigenvalue weighted by Gasteiger charge is -2.03. The highest BCUT2D eigenvalue weighted by Gasteiger charge is 1.99. The highest BCUT2D eigenvalue weighted by Crippen LogP contribution is 2.13. The van der Waals surface area contributed by atoms with E-state index in [9.17, 15) is 9.59 Å². The second-order valence-electron chi connectivity index (χ2n) is 8.48. The van der Waals surface area contributed by atoms with Gasteiger partial charge < -0.3 is 9.84 Å². The van der Waals surface area contributed by atoms with Crippen molar-refractivity contribution >= 4 is 11.9 Å². The summed E-state index contributed by atoms with van der Waals surface area (Å²) in [6.07, 6.45) is 25.2. The van der Waals surface area contributed by atoms with E-state index >= 15 is 0 Å². The van der Waals surface area contributed by atoms with Crippen LogP contribution in [0.2, 0.25) is 0 Å². The summed E-state index contributed by atoms with van der Waals surface area (Å²) < 4.78 is 4.62. The number of esters is 1. The molecular weight excluding hydrogens is 376 g/mol. The second kappa shape index (κ2) is 27.9. The third-order valence-electron chi connectivity index (χ3n) is 5.46. The zero-order valence-electron chi connectivity index (χ0n) is 20.5. The Balaban J connectivity index is 0. The van der Waals surface area contributed by atoms with Crippen molar-refractivity contribution in [2.24, 2.45) is 0 Å². The van der Waals surface area contributed by atoms with E-state index in [0.29, 0.717) is 12.8 Å². The van der Waals surface area contributed by atoms with Gasteiger partial charge in [-0.05, 0) is 12.8 Å². The number of ether oxygens (including phenoxy) is 1. The molecule has 1 N–H and O–H groups in total. The van der Waals surface area contributed by atoms with Crippen LogP contribution in [0.3, 0.4) is 0 Å². The SMILES string of the molecule is CCCCCCCCC(=O)O.CCCCCCCCCCCCCCCC(=O)OC. The Morgan fingerprint density at radius 2 is 0.833 bits per heavy atom. The molecule has 0 aromatic rings. The van der Waals surface area contributed by atoms with Gasteiger partial charge in [0, 0.05) is 12.8 Å². The predicted octanol–water partition coefficient (Wildman–Crippen LogP) is 8.46. The first kappa shape index (κ1) is 31.1. The fourth-order valence-corrected chi connectivity index (χ4v) is 3.45. The molecule has 30 heavy (non-hydrogen) atoms. The molecule has 0 aliphatic carbocycles. The average Bonchev–Trinajstić information content (AvgIpc) is 2.74. The minimum absolute atomic E-state index is 0.0666. The second-order valence-corrected chi connectivity index (χ2v) is 8.48. The molecular formula is C26H52O4. The first-order valence-corrected chi connectivity index (χ1v) is 12.9. The highest BCUT2D eigenvalue weighted by atomic mass is 16.5. The van der Waals surface area contributed by atoms with Gasteiger partial charge in [0.15, 0.2) is 0 Å². The number of unbranched alkanes of at least 4 members (excludes halogenated alkanes) is 17. The van der Waals surface area contributed by atoms with E-state index in [4.69, 9.17) is 5.11 Å². The Morgan fingerprint density at radius 3 is 1.13 bits per heavy atom. The van der Waals surface area contributed by atoms with Crippen LogP contribution in [0.1, 0.15) is 149 Å². The van der Waals surface area contributed by atoms with Crippen LogP contribution in [0.25, 0.3) is 0 Å². The summed E-state index contributed by atoms with van der Waals surface area (Å²) in [5, 5.41) is 8.32. The fraction of sp³-hybridized carbons (Fsp3) is 0.923. The first-order chi connectivity index (χ1) is 14.6. The number of hydrogen-bond acceptors (Lipinski definition) is 3. The number of carboxylic acid groups (broad SMARTS) is 1. The maximum absolute atomic E-state index is 10.9. The summed E-state index contributed by atoms with van der Waals surface area (Å²) in [4.78, 5) is 21.0. The van der Waals surface area contributed by atoms with Crippen molar-refractivity contribution in [1.29, 1.82) is 0 Å². The summed E-state index contributed by atoms with van der Waals surface area (Å²) in [7, 11) is 1.46. The van der Waals surface area contributed by atoms with Gasteiger partial charge in [-0.25, -0.2) is 0 Å². The maximum Gasteiger partial charge on any atom is 0.305 e. The maximum atomic E-state index is 10.9. The summed E-state index contributed by atoms with van der Waals surface area (Å²) in [5.74, 6) is -0.733. The third kappa shape index (κ3) is 31.6. The van der Waals surface area contributed by atoms with Gasteiger partial charge in [0.25, 0.3) is 0 Å². The van der Waals surface area contributed by atoms with Crippen LogP contribution in [0.4, 0.5) is 0 Å². The van der Waals surface area contributed by atoms with Gasteiger partial charge in [0.1, 0.15) is 0 Å². The van der Waals surface area contributed by atoms with Crippen LogP contribution in [0, 0.1) is 0 Å². The predicted molar refractivity (Wildman–Crippen MR) is 128 cm³/mol. The lowest BCUT2D eigenvalue weighted by Crippen LogP contribution is -1.99. The van der Waals surface area contributed by atoms with Crippen molar-refractivity contribution in [1.82, 2.24) is 0 Å². The molecule has 0 heterocycles. The van der Waals surface area contributed by atoms with Crippen molar-refractivity contribution in [2.75, 3.05) is 7.11 Å². The van der Waals surface area contributed by atoms with Crippen LogP contribution in [-0.4, -0.2) is 24.2 Å². The van der Waals surface area contributed by atoms with Crippen molar-refractivity contribution in [3.05, 3.63) is 0 Å². The fourth-order valence-electron chi connectivity index (χ4n) is 3.45. The van der Waals surface area contributed by atoms with E-state index in [2.05, 4.69) is 18.6 Å². The Kier molecular flexibility index (Phi) is 29.0. The van der Waals surface area contributed by atoms with E-state index in [1.165, 1.54) is 110 Å². The molecule has 0 atom stereocenters. The smallest absolute Gasteiger partial charge is 0.305 e. The minimum atomic E-state index is -0.666. The molecule has 0 aliphatic heterocycles. The van der Waals surface area contributed by atoms with E-state index in [-0.39, 0.29) is 5.97 Å². The third-order valence-corrected chi connectivity index (χ3v) is 5.46. The zero-order valence-corrected chi connectivity index (χ0v) is 20.5. The van der Waals surface area contributed by atoms with Gasteiger partial charge in [-0.3, -0.25) is 9.59 Å². The molecule has 0 radical (unpaired) electrons. The molecule has 4 heteroatoms. The van der Waals surface area contributed by atoms with Gasteiger partial charge >= 0.3 is 11.9 Å². The minimum Gasteiger partial charge on any atom is -0.481 e. The van der Waals surface area contributed by atoms with Crippen LogP contribution in [0.15, 0.2) is 0 Å². The summed E-state index contributed by atoms with van der Waals surface area (Å²) >= 11 is 0. The summed E-state index contributed by atoms with van der Waals surface area (Å²) in [5.41, 5.74) is 0. The number of methoxy groups -OCH3 is 1. The molecule has 0 amide bonds. The van der Waals surface area contributed by atoms with Gasteiger partial charge in [-0.15, -0.1) is 0 Å². The van der Waals surface area contributed by atoms with Gasteiger partial charge in [0.2, 0.25) is 0 Å². The molecule has 0 aromatic heterocycles. The van der Waals surface area contributed by atoms with E-state index in [1.807, 2.05) is 0 Å². The molecule has 0 fully saturated rings. The van der Waals surface area contributed by atoms with Gasteiger partial charge in [-0.1, -0.05) is 123 Å². The molecule has 0 spiro atoms. The van der Waals surface area contributed by atoms with Crippen LogP contribution in [0.5, 0.6) is 0 Å². The normalized spacial score (nSPS) is 10.4. The Bertz CT molecular complexity index is 355. The molecule has 0 saturated heterocycles. The van der Waals surface area contributed by atoms with E-state index in [0.717, 1.165) is 19.3 Å². The van der Waals surface area contributed by atoms with Crippen LogP contribution < -0.4 is 0 Å². The molecule has 0 aromatic carbocycles. The van der Waals surface area contributed by atoms with Crippen molar-refractivity contribution in [3.8, 4) is 0 Å². The lowest BCUT2D eigenvalue weighted by molar-refractivity contribution is -0.141. The molecule has 180 valence electrons. The van der Waals surface area contributed by atoms with E-state index < -0.39 is 5.97 Å². The summed E-state index contributed by atoms with van der Waals surface area (Å²) in [6.45, 7) is 4.45. The number of carboxylic acids is 1. The molecule has 0 saturated carbocycles. The quantitative estimate of drug-likeness (QED) is 0.147. The van der Waals surface area contributed by atoms with Gasteiger partial charge in [-0.2, -0.15) is 0 Å². The molecule has 0 aliphatic rings. The topological polar surface area (TPSA) is 63.6 Å². The Labute approximate surface area is 187 Å². The highest BCUT2D eigenvalue weighted by molar-refractivity contribution is 5.69. The molecule has 0 rings (SSSR count). The monoisotopic (exact) mass is 428 g/mol. The average molecular weight is 429 g/mol. The van der Waals surface area contributed by atoms with Crippen molar-refractivity contribution in [3.63, 3.8) is 0 Å². The molecule has 4 nitrogen and oxygen atoms in total. The number of carbonyl (C=O) groups excluding carboxylic acids is 1. The van der Waals surface area contributed by atoms with Crippen molar-refractivity contribution < 1.29 is 19.4 Å². The number of hydrogen-bond donors (Lipinski definition) is 1. The Morgan fingerprint density at radius 1 is 0.533 bits per heavy atom. The largest absolute Gasteiger partial charge is 0.481 e. The molecule has 0 bridgehead atoms. The number of rotatable bonds is 21. The Hall–Kier alpha value is -1.06. The first-order valence-electron chi connectivity index (χ1n) is 12.9. The molecule has 0 unspecified atom stereocenters. The van der Waals surface area contributed by atoms with Gasteiger partial charge in [0.05, 0.1) is 7.11 Å².